The second kappa shape index (κ2) is 7.27. The first kappa shape index (κ1) is 17.2. The van der Waals surface area contributed by atoms with Crippen LogP contribution in [0.1, 0.15) is 5.56 Å². The zero-order valence-corrected chi connectivity index (χ0v) is 12.0. The second-order valence-electron chi connectivity index (χ2n) is 3.84. The van der Waals surface area contributed by atoms with Crippen LogP contribution in [0.5, 0.6) is 0 Å². The lowest BCUT2D eigenvalue weighted by molar-refractivity contribution is -0.174. The molecular weight excluding hydrogens is 359 g/mol. The number of hydrogen-bond donors (Lipinski definition) is 3. The van der Waals surface area contributed by atoms with E-state index >= 15 is 0 Å². The van der Waals surface area contributed by atoms with Gasteiger partial charge in [-0.1, -0.05) is 5.16 Å². The maximum atomic E-state index is 11.8. The van der Waals surface area contributed by atoms with Gasteiger partial charge in [0.05, 0.1) is 5.69 Å². The molecule has 10 heteroatoms. The van der Waals surface area contributed by atoms with Gasteiger partial charge in [0.25, 0.3) is 0 Å². The average Bonchev–Trinajstić information content (AvgIpc) is 2.38. The highest BCUT2D eigenvalue weighted by molar-refractivity contribution is 9.10. The summed E-state index contributed by atoms with van der Waals surface area (Å²) in [4.78, 5) is 11.4. The van der Waals surface area contributed by atoms with Crippen LogP contribution in [0.4, 0.5) is 18.9 Å². The lowest BCUT2D eigenvalue weighted by Gasteiger charge is -2.10. The Hall–Kier alpha value is -1.81. The fraction of sp³-hybridized carbons (Fsp3) is 0.273. The van der Waals surface area contributed by atoms with E-state index in [-0.39, 0.29) is 5.84 Å². The molecular formula is C11H11BrF3N3O3. The third-order valence-corrected chi connectivity index (χ3v) is 2.80. The molecule has 1 rings (SSSR count). The van der Waals surface area contributed by atoms with E-state index < -0.39 is 25.3 Å². The number of amidine groups is 1. The molecule has 0 fully saturated rings. The van der Waals surface area contributed by atoms with E-state index in [9.17, 15) is 18.0 Å². The van der Waals surface area contributed by atoms with E-state index in [4.69, 9.17) is 10.9 Å². The molecule has 0 heterocycles. The number of ether oxygens (including phenoxy) is 1. The smallest absolute Gasteiger partial charge is 0.409 e. The number of nitrogens with one attached hydrogen (secondary N) is 1. The topological polar surface area (TPSA) is 96.9 Å². The molecule has 0 bridgehead atoms. The van der Waals surface area contributed by atoms with Gasteiger partial charge in [0, 0.05) is 10.0 Å². The molecule has 0 aliphatic heterocycles. The van der Waals surface area contributed by atoms with Crippen molar-refractivity contribution in [1.29, 1.82) is 0 Å². The van der Waals surface area contributed by atoms with Crippen molar-refractivity contribution in [2.75, 3.05) is 18.5 Å². The molecule has 6 nitrogen and oxygen atoms in total. The molecule has 21 heavy (non-hydrogen) atoms. The molecule has 0 saturated heterocycles. The minimum absolute atomic E-state index is 0.123. The number of halogens is 4. The molecule has 0 unspecified atom stereocenters. The van der Waals surface area contributed by atoms with E-state index in [0.717, 1.165) is 0 Å². The Morgan fingerprint density at radius 3 is 2.67 bits per heavy atom. The number of carbonyl (C=O) groups is 1. The normalized spacial score (nSPS) is 12.3. The van der Waals surface area contributed by atoms with Gasteiger partial charge >= 0.3 is 6.18 Å². The average molecular weight is 370 g/mol. The van der Waals surface area contributed by atoms with Crippen LogP contribution in [0.25, 0.3) is 0 Å². The first-order valence-electron chi connectivity index (χ1n) is 5.44. The van der Waals surface area contributed by atoms with Crippen LogP contribution in [-0.4, -0.2) is 36.3 Å². The molecule has 1 amide bonds. The highest BCUT2D eigenvalue weighted by atomic mass is 79.9. The number of hydrogen-bond acceptors (Lipinski definition) is 4. The maximum Gasteiger partial charge on any atom is 0.411 e. The molecule has 4 N–H and O–H groups in total. The van der Waals surface area contributed by atoms with Crippen molar-refractivity contribution in [2.45, 2.75) is 6.18 Å². The first-order chi connectivity index (χ1) is 9.73. The van der Waals surface area contributed by atoms with Gasteiger partial charge in [-0.15, -0.1) is 0 Å². The predicted molar refractivity (Wildman–Crippen MR) is 72.2 cm³/mol. The van der Waals surface area contributed by atoms with E-state index in [1.54, 1.807) is 0 Å². The van der Waals surface area contributed by atoms with Crippen molar-refractivity contribution < 1.29 is 27.9 Å². The predicted octanol–water partition coefficient (Wildman–Crippen LogP) is 2.06. The van der Waals surface area contributed by atoms with Gasteiger partial charge in [-0.25, -0.2) is 0 Å². The van der Waals surface area contributed by atoms with Gasteiger partial charge in [0.1, 0.15) is 13.2 Å². The Morgan fingerprint density at radius 1 is 1.48 bits per heavy atom. The minimum atomic E-state index is -4.48. The number of nitrogens with zero attached hydrogens (tertiary/aromatic N) is 1. The van der Waals surface area contributed by atoms with E-state index in [2.05, 4.69) is 31.1 Å². The Kier molecular flexibility index (Phi) is 5.97. The lowest BCUT2D eigenvalue weighted by Crippen LogP contribution is -2.24. The van der Waals surface area contributed by atoms with E-state index in [0.29, 0.717) is 15.7 Å². The molecule has 116 valence electrons. The third kappa shape index (κ3) is 6.00. The van der Waals surface area contributed by atoms with Crippen molar-refractivity contribution >= 4 is 33.4 Å². The quantitative estimate of drug-likeness (QED) is 0.320. The van der Waals surface area contributed by atoms with Gasteiger partial charge in [-0.2, -0.15) is 13.2 Å². The van der Waals surface area contributed by atoms with Crippen molar-refractivity contribution in [3.8, 4) is 0 Å². The minimum Gasteiger partial charge on any atom is -0.409 e. The number of carbonyl (C=O) groups excluding carboxylic acids is 1. The maximum absolute atomic E-state index is 11.8. The van der Waals surface area contributed by atoms with Gasteiger partial charge in [0.15, 0.2) is 5.84 Å². The van der Waals surface area contributed by atoms with Crippen molar-refractivity contribution in [3.63, 3.8) is 0 Å². The Balaban J connectivity index is 2.61. The number of oxime groups is 1. The van der Waals surface area contributed by atoms with Gasteiger partial charge in [0.2, 0.25) is 5.91 Å². The molecule has 0 aromatic heterocycles. The largest absolute Gasteiger partial charge is 0.411 e. The van der Waals surface area contributed by atoms with Crippen molar-refractivity contribution in [3.05, 3.63) is 28.2 Å². The zero-order valence-electron chi connectivity index (χ0n) is 10.4. The molecule has 0 radical (unpaired) electrons. The van der Waals surface area contributed by atoms with Crippen LogP contribution in [0.3, 0.4) is 0 Å². The Morgan fingerprint density at radius 2 is 2.14 bits per heavy atom. The summed E-state index contributed by atoms with van der Waals surface area (Å²) >= 11 is 3.15. The zero-order chi connectivity index (χ0) is 16.0. The summed E-state index contributed by atoms with van der Waals surface area (Å²) in [7, 11) is 0. The molecule has 1 aromatic carbocycles. The highest BCUT2D eigenvalue weighted by Crippen LogP contribution is 2.23. The molecule has 0 aliphatic carbocycles. The van der Waals surface area contributed by atoms with Gasteiger partial charge in [-0.05, 0) is 34.1 Å². The number of anilines is 1. The second-order valence-corrected chi connectivity index (χ2v) is 4.69. The summed E-state index contributed by atoms with van der Waals surface area (Å²) < 4.78 is 40.2. The van der Waals surface area contributed by atoms with Crippen LogP contribution in [0.15, 0.2) is 27.8 Å². The monoisotopic (exact) mass is 369 g/mol. The fourth-order valence-corrected chi connectivity index (χ4v) is 1.76. The van der Waals surface area contributed by atoms with Crippen LogP contribution < -0.4 is 11.1 Å². The third-order valence-electron chi connectivity index (χ3n) is 2.15. The molecule has 0 spiro atoms. The first-order valence-corrected chi connectivity index (χ1v) is 6.24. The fourth-order valence-electron chi connectivity index (χ4n) is 1.28. The summed E-state index contributed by atoms with van der Waals surface area (Å²) in [6.45, 7) is -2.22. The number of rotatable bonds is 5. The molecule has 1 aromatic rings. The summed E-state index contributed by atoms with van der Waals surface area (Å²) in [5.74, 6) is -0.862. The van der Waals surface area contributed by atoms with Crippen LogP contribution >= 0.6 is 15.9 Å². The van der Waals surface area contributed by atoms with Crippen LogP contribution in [0, 0.1) is 0 Å². The van der Waals surface area contributed by atoms with Crippen molar-refractivity contribution in [2.24, 2.45) is 10.9 Å². The molecule has 0 saturated carbocycles. The summed E-state index contributed by atoms with van der Waals surface area (Å²) in [6, 6.07) is 4.38. The molecule has 0 aliphatic rings. The van der Waals surface area contributed by atoms with E-state index in [1.807, 2.05) is 0 Å². The van der Waals surface area contributed by atoms with Crippen LogP contribution in [0.2, 0.25) is 0 Å². The standard InChI is InChI=1S/C11H11BrF3N3O3/c12-7-3-6(10(16)18-20)1-2-8(7)17-9(19)4-21-5-11(13,14)15/h1-3,20H,4-5H2,(H2,16,18)(H,17,19). The number of benzene rings is 1. The SMILES string of the molecule is N/C(=N/O)c1ccc(NC(=O)COCC(F)(F)F)c(Br)c1. The number of amides is 1. The lowest BCUT2D eigenvalue weighted by atomic mass is 10.2. The van der Waals surface area contributed by atoms with E-state index in [1.165, 1.54) is 18.2 Å². The van der Waals surface area contributed by atoms with Gasteiger partial charge in [-0.3, -0.25) is 4.79 Å². The highest BCUT2D eigenvalue weighted by Gasteiger charge is 2.27. The Bertz CT molecular complexity index is 549. The van der Waals surface area contributed by atoms with Crippen LogP contribution in [-0.2, 0) is 9.53 Å². The van der Waals surface area contributed by atoms with Crippen molar-refractivity contribution in [1.82, 2.24) is 0 Å². The Labute approximate surface area is 125 Å². The summed E-state index contributed by atoms with van der Waals surface area (Å²) in [5, 5.41) is 13.7. The summed E-state index contributed by atoms with van der Waals surface area (Å²) in [6.07, 6.45) is -4.48. The number of alkyl halides is 3. The number of nitrogens with two attached hydrogens (primary N) is 1. The molecule has 0 atom stereocenters. The summed E-state index contributed by atoms with van der Waals surface area (Å²) in [5.41, 5.74) is 6.10. The van der Waals surface area contributed by atoms with Gasteiger partial charge < -0.3 is 21.0 Å².